The summed E-state index contributed by atoms with van der Waals surface area (Å²) in [6.07, 6.45) is 1.06. The zero-order valence-corrected chi connectivity index (χ0v) is 24.9. The zero-order chi connectivity index (χ0) is 27.6. The topological polar surface area (TPSA) is 20.2 Å². The van der Waals surface area contributed by atoms with Crippen LogP contribution >= 0.6 is 0 Å². The fraction of sp³-hybridized carbons (Fsp3) is 0.444. The van der Waals surface area contributed by atoms with Gasteiger partial charge in [0.25, 0.3) is 0 Å². The lowest BCUT2D eigenvalue weighted by molar-refractivity contribution is 0.284. The summed E-state index contributed by atoms with van der Waals surface area (Å²) in [4.78, 5) is 0. The molecule has 0 saturated heterocycles. The van der Waals surface area contributed by atoms with Gasteiger partial charge in [-0.2, -0.15) is 0 Å². The van der Waals surface area contributed by atoms with Gasteiger partial charge in [-0.05, 0) is 90.6 Å². The molecule has 0 bridgehead atoms. The number of benzene rings is 4. The molecule has 196 valence electrons. The summed E-state index contributed by atoms with van der Waals surface area (Å²) in [6, 6.07) is 22.3. The maximum atomic E-state index is 11.3. The molecule has 4 rings (SSSR count). The molecule has 1 heteroatoms. The minimum atomic E-state index is -0.0168. The van der Waals surface area contributed by atoms with Crippen LogP contribution in [0.1, 0.15) is 99.3 Å². The van der Waals surface area contributed by atoms with Gasteiger partial charge in [0.1, 0.15) is 5.75 Å². The average Bonchev–Trinajstić information content (AvgIpc) is 2.74. The summed E-state index contributed by atoms with van der Waals surface area (Å²) in [5, 5.41) is 16.1. The number of hydrogen-bond donors (Lipinski definition) is 1. The molecule has 0 fully saturated rings. The van der Waals surface area contributed by atoms with Gasteiger partial charge >= 0.3 is 0 Å². The maximum absolute atomic E-state index is 11.3. The third-order valence-corrected chi connectivity index (χ3v) is 7.71. The molecule has 4 aromatic carbocycles. The van der Waals surface area contributed by atoms with Gasteiger partial charge in [-0.1, -0.05) is 113 Å². The van der Waals surface area contributed by atoms with E-state index < -0.39 is 0 Å². The molecule has 0 saturated carbocycles. The summed E-state index contributed by atoms with van der Waals surface area (Å²) >= 11 is 0. The van der Waals surface area contributed by atoms with Gasteiger partial charge in [0.05, 0.1) is 0 Å². The minimum Gasteiger partial charge on any atom is -0.507 e. The summed E-state index contributed by atoms with van der Waals surface area (Å²) < 4.78 is 0. The Morgan fingerprint density at radius 1 is 0.541 bits per heavy atom. The van der Waals surface area contributed by atoms with E-state index in [4.69, 9.17) is 0 Å². The van der Waals surface area contributed by atoms with Crippen molar-refractivity contribution >= 4 is 21.5 Å². The summed E-state index contributed by atoms with van der Waals surface area (Å²) in [6.45, 7) is 25.1. The van der Waals surface area contributed by atoms with Crippen molar-refractivity contribution in [2.75, 3.05) is 0 Å². The zero-order valence-electron chi connectivity index (χ0n) is 24.9. The van der Waals surface area contributed by atoms with E-state index in [1.807, 2.05) is 6.07 Å². The fourth-order valence-corrected chi connectivity index (χ4v) is 5.93. The lowest BCUT2D eigenvalue weighted by atomic mass is 9.71. The first-order valence-electron chi connectivity index (χ1n) is 13.7. The van der Waals surface area contributed by atoms with Gasteiger partial charge in [0.2, 0.25) is 0 Å². The Morgan fingerprint density at radius 3 is 1.70 bits per heavy atom. The summed E-state index contributed by atoms with van der Waals surface area (Å²) in [7, 11) is 0. The van der Waals surface area contributed by atoms with Crippen molar-refractivity contribution < 1.29 is 5.11 Å². The van der Waals surface area contributed by atoms with Crippen molar-refractivity contribution in [2.24, 2.45) is 5.41 Å². The normalized spacial score (nSPS) is 13.5. The van der Waals surface area contributed by atoms with E-state index in [1.54, 1.807) is 0 Å². The monoisotopic (exact) mass is 494 g/mol. The van der Waals surface area contributed by atoms with E-state index in [2.05, 4.69) is 131 Å². The second-order valence-electron chi connectivity index (χ2n) is 15.0. The molecule has 0 radical (unpaired) electrons. The highest BCUT2D eigenvalue weighted by Crippen LogP contribution is 2.45. The SMILES string of the molecule is CC(C)(C)CC(C)(C)c1ccc(O)c(-c2c3ccc(C(C)(C)C)cc3cc3ccc(C(C)(C)C)cc23)c1. The van der Waals surface area contributed by atoms with Crippen molar-refractivity contribution in [3.8, 4) is 16.9 Å². The molecule has 1 N–H and O–H groups in total. The standard InChI is InChI=1S/C36H46O/c1-33(2,3)22-36(10,11)27-15-17-31(37)30(21-27)32-28-16-14-25(34(4,5)6)19-24(28)18-23-12-13-26(20-29(23)32)35(7,8)9/h12-21,37H,22H2,1-11H3. The van der Waals surface area contributed by atoms with Gasteiger partial charge in [0, 0.05) is 11.1 Å². The van der Waals surface area contributed by atoms with E-state index in [0.717, 1.165) is 17.5 Å². The van der Waals surface area contributed by atoms with Crippen LogP contribution in [0.3, 0.4) is 0 Å². The average molecular weight is 495 g/mol. The van der Waals surface area contributed by atoms with Crippen LogP contribution in [0, 0.1) is 5.41 Å². The van der Waals surface area contributed by atoms with Gasteiger partial charge in [-0.15, -0.1) is 0 Å². The number of hydrogen-bond acceptors (Lipinski definition) is 1. The number of aromatic hydroxyl groups is 1. The predicted molar refractivity (Wildman–Crippen MR) is 163 cm³/mol. The van der Waals surface area contributed by atoms with Crippen LogP contribution in [0.25, 0.3) is 32.7 Å². The van der Waals surface area contributed by atoms with Crippen molar-refractivity contribution in [2.45, 2.75) is 98.8 Å². The van der Waals surface area contributed by atoms with Crippen molar-refractivity contribution in [3.63, 3.8) is 0 Å². The summed E-state index contributed by atoms with van der Waals surface area (Å²) in [5.74, 6) is 0.338. The van der Waals surface area contributed by atoms with Crippen LogP contribution in [-0.2, 0) is 16.2 Å². The highest BCUT2D eigenvalue weighted by Gasteiger charge is 2.28. The van der Waals surface area contributed by atoms with E-state index in [0.29, 0.717) is 5.75 Å². The first-order valence-corrected chi connectivity index (χ1v) is 13.7. The molecular formula is C36H46O. The molecule has 0 unspecified atom stereocenters. The van der Waals surface area contributed by atoms with Crippen LogP contribution in [0.5, 0.6) is 5.75 Å². The van der Waals surface area contributed by atoms with E-state index in [9.17, 15) is 5.11 Å². The predicted octanol–water partition coefficient (Wildman–Crippen LogP) is 10.7. The van der Waals surface area contributed by atoms with Gasteiger partial charge in [-0.3, -0.25) is 0 Å². The first-order chi connectivity index (χ1) is 16.9. The third kappa shape index (κ3) is 5.57. The van der Waals surface area contributed by atoms with Crippen LogP contribution in [0.4, 0.5) is 0 Å². The van der Waals surface area contributed by atoms with Gasteiger partial charge in [0.15, 0.2) is 0 Å². The molecule has 0 heterocycles. The summed E-state index contributed by atoms with van der Waals surface area (Å²) in [5.41, 5.74) is 6.23. The Bertz CT molecular complexity index is 1460. The third-order valence-electron chi connectivity index (χ3n) is 7.71. The van der Waals surface area contributed by atoms with E-state index in [1.165, 1.54) is 38.2 Å². The van der Waals surface area contributed by atoms with Crippen LogP contribution < -0.4 is 0 Å². The van der Waals surface area contributed by atoms with Crippen molar-refractivity contribution in [3.05, 3.63) is 77.4 Å². The number of rotatable bonds is 3. The lowest BCUT2D eigenvalue weighted by Gasteiger charge is -2.33. The molecule has 0 aromatic heterocycles. The quantitative estimate of drug-likeness (QED) is 0.281. The Hall–Kier alpha value is -2.80. The van der Waals surface area contributed by atoms with Crippen molar-refractivity contribution in [1.82, 2.24) is 0 Å². The fourth-order valence-electron chi connectivity index (χ4n) is 5.93. The van der Waals surface area contributed by atoms with Crippen LogP contribution in [0.2, 0.25) is 0 Å². The van der Waals surface area contributed by atoms with E-state index >= 15 is 0 Å². The van der Waals surface area contributed by atoms with Crippen molar-refractivity contribution in [1.29, 1.82) is 0 Å². The molecule has 0 aliphatic rings. The number of fused-ring (bicyclic) bond motifs is 2. The van der Waals surface area contributed by atoms with E-state index in [-0.39, 0.29) is 21.7 Å². The first kappa shape index (κ1) is 27.2. The maximum Gasteiger partial charge on any atom is 0.123 e. The Kier molecular flexibility index (Phi) is 6.55. The van der Waals surface area contributed by atoms with Crippen LogP contribution in [-0.4, -0.2) is 5.11 Å². The molecule has 1 nitrogen and oxygen atoms in total. The molecule has 0 aliphatic carbocycles. The Labute approximate surface area is 224 Å². The Balaban J connectivity index is 2.09. The number of phenols is 1. The van der Waals surface area contributed by atoms with Gasteiger partial charge < -0.3 is 5.11 Å². The number of phenolic OH excluding ortho intramolecular Hbond substituents is 1. The molecule has 37 heavy (non-hydrogen) atoms. The second kappa shape index (κ2) is 8.90. The largest absolute Gasteiger partial charge is 0.507 e. The molecule has 0 atom stereocenters. The highest BCUT2D eigenvalue weighted by molar-refractivity contribution is 6.13. The molecule has 4 aromatic rings. The second-order valence-corrected chi connectivity index (χ2v) is 15.0. The lowest BCUT2D eigenvalue weighted by Crippen LogP contribution is -2.24. The highest BCUT2D eigenvalue weighted by atomic mass is 16.3. The smallest absolute Gasteiger partial charge is 0.123 e. The minimum absolute atomic E-state index is 0.0168. The van der Waals surface area contributed by atoms with Crippen LogP contribution in [0.15, 0.2) is 60.7 Å². The molecule has 0 spiro atoms. The molecule has 0 aliphatic heterocycles. The Morgan fingerprint density at radius 2 is 1.11 bits per heavy atom. The molecule has 0 amide bonds. The molecular weight excluding hydrogens is 448 g/mol. The van der Waals surface area contributed by atoms with Gasteiger partial charge in [-0.25, -0.2) is 0 Å².